The van der Waals surface area contributed by atoms with E-state index in [1.165, 1.54) is 25.9 Å². The van der Waals surface area contributed by atoms with E-state index in [4.69, 9.17) is 0 Å². The van der Waals surface area contributed by atoms with Crippen LogP contribution in [-0.2, 0) is 0 Å². The van der Waals surface area contributed by atoms with Gasteiger partial charge in [0.2, 0.25) is 0 Å². The zero-order valence-corrected chi connectivity index (χ0v) is 5.56. The Bertz CT molecular complexity index is 70.8. The van der Waals surface area contributed by atoms with Crippen LogP contribution >= 0.6 is 0 Å². The summed E-state index contributed by atoms with van der Waals surface area (Å²) >= 11 is 0. The third kappa shape index (κ3) is 1.03. The van der Waals surface area contributed by atoms with Crippen molar-refractivity contribution in [2.75, 3.05) is 13.1 Å². The average molecular weight is 112 g/mol. The van der Waals surface area contributed by atoms with Crippen molar-refractivity contribution in [3.8, 4) is 0 Å². The zero-order chi connectivity index (χ0) is 5.98. The number of hydrogen-bond acceptors (Lipinski definition) is 1. The van der Waals surface area contributed by atoms with Gasteiger partial charge in [0.1, 0.15) is 0 Å². The molecule has 1 saturated heterocycles. The van der Waals surface area contributed by atoms with Crippen LogP contribution in [-0.4, -0.2) is 24.0 Å². The Hall–Kier alpha value is -0.0400. The van der Waals surface area contributed by atoms with E-state index in [1.807, 2.05) is 0 Å². The third-order valence-electron chi connectivity index (χ3n) is 1.91. The van der Waals surface area contributed by atoms with Gasteiger partial charge in [-0.25, -0.2) is 0 Å². The summed E-state index contributed by atoms with van der Waals surface area (Å²) in [6.07, 6.45) is 2.65. The van der Waals surface area contributed by atoms with Gasteiger partial charge < -0.3 is 4.90 Å². The van der Waals surface area contributed by atoms with Crippen LogP contribution in [0, 0.1) is 6.92 Å². The van der Waals surface area contributed by atoms with Crippen molar-refractivity contribution in [1.29, 1.82) is 0 Å². The predicted octanol–water partition coefficient (Wildman–Crippen LogP) is 1.30. The highest BCUT2D eigenvalue weighted by molar-refractivity contribution is 4.79. The maximum atomic E-state index is 4.02. The summed E-state index contributed by atoms with van der Waals surface area (Å²) in [6.45, 7) is 8.66. The molecule has 47 valence electrons. The molecule has 1 nitrogen and oxygen atoms in total. The molecule has 1 radical (unpaired) electrons. The lowest BCUT2D eigenvalue weighted by atomic mass is 10.2. The van der Waals surface area contributed by atoms with Gasteiger partial charge in [0.15, 0.2) is 0 Å². The van der Waals surface area contributed by atoms with Gasteiger partial charge >= 0.3 is 0 Å². The van der Waals surface area contributed by atoms with E-state index in [-0.39, 0.29) is 0 Å². The highest BCUT2D eigenvalue weighted by atomic mass is 15.2. The molecule has 1 heteroatoms. The zero-order valence-electron chi connectivity index (χ0n) is 5.56. The molecule has 1 unspecified atom stereocenters. The summed E-state index contributed by atoms with van der Waals surface area (Å²) in [5.74, 6) is 0. The molecular formula is C7H14N. The first-order valence-electron chi connectivity index (χ1n) is 3.41. The number of hydrogen-bond donors (Lipinski definition) is 0. The lowest BCUT2D eigenvalue weighted by Gasteiger charge is -2.17. The molecule has 1 heterocycles. The quantitative estimate of drug-likeness (QED) is 0.494. The van der Waals surface area contributed by atoms with Gasteiger partial charge in [-0.3, -0.25) is 0 Å². The van der Waals surface area contributed by atoms with Crippen molar-refractivity contribution >= 4 is 0 Å². The third-order valence-corrected chi connectivity index (χ3v) is 1.91. The average Bonchev–Trinajstić information content (AvgIpc) is 2.14. The minimum Gasteiger partial charge on any atom is -0.301 e. The summed E-state index contributed by atoms with van der Waals surface area (Å²) in [5, 5.41) is 0. The fraction of sp³-hybridized carbons (Fsp3) is 0.857. The molecule has 0 aliphatic carbocycles. The monoisotopic (exact) mass is 112 g/mol. The minimum atomic E-state index is 0.611. The second-order valence-electron chi connectivity index (χ2n) is 2.42. The summed E-state index contributed by atoms with van der Waals surface area (Å²) in [5.41, 5.74) is 0. The van der Waals surface area contributed by atoms with Crippen molar-refractivity contribution in [3.05, 3.63) is 6.92 Å². The second kappa shape index (κ2) is 2.49. The van der Waals surface area contributed by atoms with Crippen LogP contribution in [0.2, 0.25) is 0 Å². The molecule has 0 amide bonds. The van der Waals surface area contributed by atoms with Gasteiger partial charge in [-0.05, 0) is 32.9 Å². The molecule has 0 spiro atoms. The molecule has 0 saturated carbocycles. The van der Waals surface area contributed by atoms with Gasteiger partial charge in [-0.1, -0.05) is 6.92 Å². The van der Waals surface area contributed by atoms with Crippen LogP contribution in [0.1, 0.15) is 19.8 Å². The maximum Gasteiger partial charge on any atom is 0.00961 e. The molecular weight excluding hydrogens is 98.1 g/mol. The van der Waals surface area contributed by atoms with Gasteiger partial charge in [0, 0.05) is 6.04 Å². The molecule has 0 aromatic rings. The second-order valence-corrected chi connectivity index (χ2v) is 2.42. The van der Waals surface area contributed by atoms with Gasteiger partial charge in [-0.2, -0.15) is 0 Å². The lowest BCUT2D eigenvalue weighted by Crippen LogP contribution is -2.26. The van der Waals surface area contributed by atoms with Crippen molar-refractivity contribution in [2.45, 2.75) is 25.8 Å². The van der Waals surface area contributed by atoms with Crippen molar-refractivity contribution in [1.82, 2.24) is 4.90 Å². The highest BCUT2D eigenvalue weighted by Gasteiger charge is 2.17. The standard InChI is InChI=1S/C7H14N/c1-3-8-6-4-5-7(8)2/h7H,2-6H2,1H3. The molecule has 1 aliphatic rings. The Morgan fingerprint density at radius 2 is 2.50 bits per heavy atom. The van der Waals surface area contributed by atoms with E-state index in [9.17, 15) is 0 Å². The van der Waals surface area contributed by atoms with E-state index in [2.05, 4.69) is 18.7 Å². The van der Waals surface area contributed by atoms with E-state index >= 15 is 0 Å². The highest BCUT2D eigenvalue weighted by Crippen LogP contribution is 2.14. The number of rotatable bonds is 1. The van der Waals surface area contributed by atoms with Crippen LogP contribution in [0.5, 0.6) is 0 Å². The summed E-state index contributed by atoms with van der Waals surface area (Å²) in [7, 11) is 0. The fourth-order valence-corrected chi connectivity index (χ4v) is 1.31. The molecule has 0 aromatic heterocycles. The predicted molar refractivity (Wildman–Crippen MR) is 35.6 cm³/mol. The van der Waals surface area contributed by atoms with Crippen LogP contribution in [0.25, 0.3) is 0 Å². The molecule has 0 bridgehead atoms. The van der Waals surface area contributed by atoms with Crippen molar-refractivity contribution < 1.29 is 0 Å². The number of likely N-dealkylation sites (tertiary alicyclic amines) is 1. The van der Waals surface area contributed by atoms with Crippen LogP contribution < -0.4 is 0 Å². The summed E-state index contributed by atoms with van der Waals surface area (Å²) in [6, 6.07) is 0.611. The smallest absolute Gasteiger partial charge is 0.00961 e. The van der Waals surface area contributed by atoms with Crippen molar-refractivity contribution in [3.63, 3.8) is 0 Å². The normalized spacial score (nSPS) is 31.5. The first-order chi connectivity index (χ1) is 3.84. The Labute approximate surface area is 51.7 Å². The Balaban J connectivity index is 2.30. The van der Waals surface area contributed by atoms with E-state index in [0.29, 0.717) is 6.04 Å². The SMILES string of the molecule is [CH2]C1CCCN1CC. The Morgan fingerprint density at radius 1 is 1.75 bits per heavy atom. The molecule has 1 atom stereocenters. The first-order valence-corrected chi connectivity index (χ1v) is 3.41. The molecule has 0 aromatic carbocycles. The van der Waals surface area contributed by atoms with E-state index < -0.39 is 0 Å². The summed E-state index contributed by atoms with van der Waals surface area (Å²) in [4.78, 5) is 2.42. The maximum absolute atomic E-state index is 4.02. The van der Waals surface area contributed by atoms with Crippen LogP contribution in [0.4, 0.5) is 0 Å². The van der Waals surface area contributed by atoms with E-state index in [0.717, 1.165) is 0 Å². The topological polar surface area (TPSA) is 3.24 Å². The largest absolute Gasteiger partial charge is 0.301 e. The molecule has 1 rings (SSSR count). The van der Waals surface area contributed by atoms with Crippen molar-refractivity contribution in [2.24, 2.45) is 0 Å². The van der Waals surface area contributed by atoms with Crippen LogP contribution in [0.3, 0.4) is 0 Å². The van der Waals surface area contributed by atoms with Gasteiger partial charge in [0.25, 0.3) is 0 Å². The van der Waals surface area contributed by atoms with Gasteiger partial charge in [-0.15, -0.1) is 0 Å². The Morgan fingerprint density at radius 3 is 2.75 bits per heavy atom. The summed E-state index contributed by atoms with van der Waals surface area (Å²) < 4.78 is 0. The first kappa shape index (κ1) is 6.09. The minimum absolute atomic E-state index is 0.611. The Kier molecular flexibility index (Phi) is 1.90. The van der Waals surface area contributed by atoms with E-state index in [1.54, 1.807) is 0 Å². The molecule has 8 heavy (non-hydrogen) atoms. The number of nitrogens with zero attached hydrogens (tertiary/aromatic N) is 1. The molecule has 1 aliphatic heterocycles. The lowest BCUT2D eigenvalue weighted by molar-refractivity contribution is 0.304. The molecule has 0 N–H and O–H groups in total. The fourth-order valence-electron chi connectivity index (χ4n) is 1.31. The van der Waals surface area contributed by atoms with Crippen LogP contribution in [0.15, 0.2) is 0 Å². The van der Waals surface area contributed by atoms with Gasteiger partial charge in [0.05, 0.1) is 0 Å². The molecule has 1 fully saturated rings.